The number of nitrogens with two attached hydrogens (primary N) is 1. The van der Waals surface area contributed by atoms with Gasteiger partial charge >= 0.3 is 0 Å². The summed E-state index contributed by atoms with van der Waals surface area (Å²) in [6.07, 6.45) is 0.434. The number of hydrogen-bond acceptors (Lipinski definition) is 3. The first-order valence-electron chi connectivity index (χ1n) is 6.35. The Kier molecular flexibility index (Phi) is 3.20. The van der Waals surface area contributed by atoms with Crippen molar-refractivity contribution in [1.29, 1.82) is 0 Å². The SMILES string of the molecule is CC(C)C(C)N(C)c1cc2c(cc1N)CC(=O)N2. The van der Waals surface area contributed by atoms with E-state index in [1.54, 1.807) is 0 Å². The zero-order valence-corrected chi connectivity index (χ0v) is 11.4. The Bertz CT molecular complexity index is 482. The van der Waals surface area contributed by atoms with E-state index in [2.05, 4.69) is 31.0 Å². The highest BCUT2D eigenvalue weighted by atomic mass is 16.1. The molecule has 4 nitrogen and oxygen atoms in total. The molecule has 2 rings (SSSR count). The molecule has 98 valence electrons. The maximum Gasteiger partial charge on any atom is 0.228 e. The van der Waals surface area contributed by atoms with Gasteiger partial charge in [-0.3, -0.25) is 4.79 Å². The highest BCUT2D eigenvalue weighted by molar-refractivity contribution is 6.00. The van der Waals surface area contributed by atoms with Gasteiger partial charge in [-0.2, -0.15) is 0 Å². The van der Waals surface area contributed by atoms with Gasteiger partial charge in [-0.15, -0.1) is 0 Å². The van der Waals surface area contributed by atoms with Gasteiger partial charge in [0.25, 0.3) is 0 Å². The standard InChI is InChI=1S/C14H21N3O/c1-8(2)9(3)17(4)13-7-12-10(5-11(13)15)6-14(18)16-12/h5,7-9H,6,15H2,1-4H3,(H,16,18). The lowest BCUT2D eigenvalue weighted by Gasteiger charge is -2.31. The predicted octanol–water partition coefficient (Wildman–Crippen LogP) is 2.24. The molecule has 0 spiro atoms. The van der Waals surface area contributed by atoms with Crippen molar-refractivity contribution in [2.75, 3.05) is 23.0 Å². The normalized spacial score (nSPS) is 15.5. The molecule has 0 aliphatic carbocycles. The van der Waals surface area contributed by atoms with Crippen LogP contribution in [0.25, 0.3) is 0 Å². The molecule has 1 aliphatic heterocycles. The minimum Gasteiger partial charge on any atom is -0.397 e. The van der Waals surface area contributed by atoms with Crippen molar-refractivity contribution in [3.05, 3.63) is 17.7 Å². The van der Waals surface area contributed by atoms with Crippen LogP contribution in [0, 0.1) is 5.92 Å². The van der Waals surface area contributed by atoms with Crippen molar-refractivity contribution < 1.29 is 4.79 Å². The van der Waals surface area contributed by atoms with Crippen LogP contribution < -0.4 is 16.0 Å². The van der Waals surface area contributed by atoms with E-state index in [4.69, 9.17) is 5.73 Å². The Morgan fingerprint density at radius 1 is 1.33 bits per heavy atom. The second-order valence-corrected chi connectivity index (χ2v) is 5.39. The van der Waals surface area contributed by atoms with Crippen LogP contribution in [0.15, 0.2) is 12.1 Å². The number of carbonyl (C=O) groups excluding carboxylic acids is 1. The van der Waals surface area contributed by atoms with Gasteiger partial charge in [-0.1, -0.05) is 13.8 Å². The Labute approximate surface area is 108 Å². The van der Waals surface area contributed by atoms with Gasteiger partial charge in [0, 0.05) is 18.8 Å². The summed E-state index contributed by atoms with van der Waals surface area (Å²) >= 11 is 0. The Hall–Kier alpha value is -1.71. The maximum atomic E-state index is 11.4. The average molecular weight is 247 g/mol. The molecule has 1 atom stereocenters. The van der Waals surface area contributed by atoms with Crippen LogP contribution in [0.1, 0.15) is 26.3 Å². The molecule has 1 aliphatic rings. The number of nitrogens with zero attached hydrogens (tertiary/aromatic N) is 1. The molecule has 0 fully saturated rings. The molecule has 3 N–H and O–H groups in total. The van der Waals surface area contributed by atoms with E-state index in [-0.39, 0.29) is 5.91 Å². The zero-order valence-electron chi connectivity index (χ0n) is 11.4. The van der Waals surface area contributed by atoms with E-state index < -0.39 is 0 Å². The lowest BCUT2D eigenvalue weighted by Crippen LogP contribution is -2.33. The highest BCUT2D eigenvalue weighted by Gasteiger charge is 2.22. The van der Waals surface area contributed by atoms with Gasteiger partial charge < -0.3 is 16.0 Å². The summed E-state index contributed by atoms with van der Waals surface area (Å²) in [4.78, 5) is 13.5. The smallest absolute Gasteiger partial charge is 0.228 e. The molecule has 4 heteroatoms. The number of nitrogen functional groups attached to an aromatic ring is 1. The Morgan fingerprint density at radius 3 is 2.61 bits per heavy atom. The van der Waals surface area contributed by atoms with E-state index in [0.717, 1.165) is 22.6 Å². The van der Waals surface area contributed by atoms with E-state index >= 15 is 0 Å². The largest absolute Gasteiger partial charge is 0.397 e. The molecule has 0 saturated heterocycles. The lowest BCUT2D eigenvalue weighted by atomic mass is 10.0. The minimum absolute atomic E-state index is 0.0427. The molecular weight excluding hydrogens is 226 g/mol. The average Bonchev–Trinajstić information content (AvgIpc) is 2.65. The van der Waals surface area contributed by atoms with Gasteiger partial charge in [0.1, 0.15) is 0 Å². The minimum atomic E-state index is 0.0427. The summed E-state index contributed by atoms with van der Waals surface area (Å²) in [6, 6.07) is 4.28. The first-order chi connectivity index (χ1) is 8.40. The zero-order chi connectivity index (χ0) is 13.4. The van der Waals surface area contributed by atoms with E-state index in [9.17, 15) is 4.79 Å². The molecule has 1 unspecified atom stereocenters. The monoisotopic (exact) mass is 247 g/mol. The first kappa shape index (κ1) is 12.7. The first-order valence-corrected chi connectivity index (χ1v) is 6.35. The van der Waals surface area contributed by atoms with Crippen LogP contribution in [0.3, 0.4) is 0 Å². The van der Waals surface area contributed by atoms with Gasteiger partial charge in [0.05, 0.1) is 17.8 Å². The van der Waals surface area contributed by atoms with Crippen molar-refractivity contribution in [1.82, 2.24) is 0 Å². The predicted molar refractivity (Wildman–Crippen MR) is 75.9 cm³/mol. The van der Waals surface area contributed by atoms with Crippen LogP contribution in [0.5, 0.6) is 0 Å². The number of fused-ring (bicyclic) bond motifs is 1. The molecule has 1 aromatic carbocycles. The number of carbonyl (C=O) groups is 1. The van der Waals surface area contributed by atoms with Crippen LogP contribution in [-0.2, 0) is 11.2 Å². The lowest BCUT2D eigenvalue weighted by molar-refractivity contribution is -0.115. The Morgan fingerprint density at radius 2 is 2.00 bits per heavy atom. The number of rotatable bonds is 3. The number of benzene rings is 1. The third kappa shape index (κ3) is 2.15. The molecule has 0 aromatic heterocycles. The van der Waals surface area contributed by atoms with Crippen molar-refractivity contribution in [3.8, 4) is 0 Å². The second kappa shape index (κ2) is 4.52. The molecule has 0 bridgehead atoms. The summed E-state index contributed by atoms with van der Waals surface area (Å²) in [5.74, 6) is 0.582. The summed E-state index contributed by atoms with van der Waals surface area (Å²) in [5.41, 5.74) is 9.70. The number of amides is 1. The molecular formula is C14H21N3O. The van der Waals surface area contributed by atoms with Crippen molar-refractivity contribution in [3.63, 3.8) is 0 Å². The second-order valence-electron chi connectivity index (χ2n) is 5.39. The topological polar surface area (TPSA) is 58.4 Å². The third-order valence-electron chi connectivity index (χ3n) is 3.83. The Balaban J connectivity index is 2.35. The fourth-order valence-electron chi connectivity index (χ4n) is 2.25. The van der Waals surface area contributed by atoms with Gasteiger partial charge in [-0.25, -0.2) is 0 Å². The van der Waals surface area contributed by atoms with Crippen LogP contribution in [0.2, 0.25) is 0 Å². The number of hydrogen-bond donors (Lipinski definition) is 2. The summed E-state index contributed by atoms with van der Waals surface area (Å²) in [6.45, 7) is 6.55. The molecule has 0 radical (unpaired) electrons. The summed E-state index contributed by atoms with van der Waals surface area (Å²) in [7, 11) is 2.04. The molecule has 1 amide bonds. The van der Waals surface area contributed by atoms with E-state index in [1.807, 2.05) is 19.2 Å². The summed E-state index contributed by atoms with van der Waals surface area (Å²) < 4.78 is 0. The fraction of sp³-hybridized carbons (Fsp3) is 0.500. The molecule has 18 heavy (non-hydrogen) atoms. The number of anilines is 3. The third-order valence-corrected chi connectivity index (χ3v) is 3.83. The quantitative estimate of drug-likeness (QED) is 0.805. The van der Waals surface area contributed by atoms with Crippen LogP contribution in [-0.4, -0.2) is 19.0 Å². The van der Waals surface area contributed by atoms with E-state index in [1.165, 1.54) is 0 Å². The van der Waals surface area contributed by atoms with Crippen molar-refractivity contribution in [2.45, 2.75) is 33.2 Å². The van der Waals surface area contributed by atoms with Gasteiger partial charge in [0.2, 0.25) is 5.91 Å². The van der Waals surface area contributed by atoms with Crippen molar-refractivity contribution in [2.24, 2.45) is 5.92 Å². The molecule has 1 heterocycles. The number of nitrogens with one attached hydrogen (secondary N) is 1. The maximum absolute atomic E-state index is 11.4. The highest BCUT2D eigenvalue weighted by Crippen LogP contribution is 2.34. The van der Waals surface area contributed by atoms with Crippen LogP contribution >= 0.6 is 0 Å². The van der Waals surface area contributed by atoms with Gasteiger partial charge in [-0.05, 0) is 30.5 Å². The van der Waals surface area contributed by atoms with Crippen LogP contribution in [0.4, 0.5) is 17.1 Å². The fourth-order valence-corrected chi connectivity index (χ4v) is 2.25. The van der Waals surface area contributed by atoms with Gasteiger partial charge in [0.15, 0.2) is 0 Å². The molecule has 1 aromatic rings. The van der Waals surface area contributed by atoms with Crippen molar-refractivity contribution >= 4 is 23.0 Å². The van der Waals surface area contributed by atoms with E-state index in [0.29, 0.717) is 18.4 Å². The summed E-state index contributed by atoms with van der Waals surface area (Å²) in [5, 5.41) is 2.87. The molecule has 0 saturated carbocycles.